The number of likely N-dealkylation sites (N-methyl/N-ethyl adjacent to an activating group) is 1. The molecule has 2 N–H and O–H groups in total. The molecule has 1 aromatic rings. The van der Waals surface area contributed by atoms with Crippen molar-refractivity contribution in [1.82, 2.24) is 4.90 Å². The molecule has 1 aliphatic rings. The van der Waals surface area contributed by atoms with Gasteiger partial charge in [-0.15, -0.1) is 0 Å². The highest BCUT2D eigenvalue weighted by atomic mass is 79.9. The topological polar surface area (TPSA) is 38.5 Å². The summed E-state index contributed by atoms with van der Waals surface area (Å²) in [6.45, 7) is 5.07. The van der Waals surface area contributed by atoms with Crippen LogP contribution in [0.15, 0.2) is 28.7 Å². The molecule has 0 saturated carbocycles. The van der Waals surface area contributed by atoms with Crippen LogP contribution in [-0.4, -0.2) is 37.7 Å². The zero-order chi connectivity index (χ0) is 15.2. The Bertz CT molecular complexity index is 417. The summed E-state index contributed by atoms with van der Waals surface area (Å²) in [6.07, 6.45) is 3.32. The van der Waals surface area contributed by atoms with Crippen LogP contribution in [0.5, 0.6) is 0 Å². The van der Waals surface area contributed by atoms with E-state index in [1.54, 1.807) is 0 Å². The third-order valence-corrected chi connectivity index (χ3v) is 4.98. The van der Waals surface area contributed by atoms with Crippen molar-refractivity contribution in [2.24, 2.45) is 11.7 Å². The van der Waals surface area contributed by atoms with Gasteiger partial charge in [0.25, 0.3) is 0 Å². The van der Waals surface area contributed by atoms with E-state index in [1.807, 2.05) is 0 Å². The van der Waals surface area contributed by atoms with Gasteiger partial charge in [-0.3, -0.25) is 4.90 Å². The number of halogens is 1. The SMILES string of the molecule is CCC(N)C(c1ccc(Br)cc1)N(C)CC1CCOCC1. The quantitative estimate of drug-likeness (QED) is 0.848. The predicted octanol–water partition coefficient (Wildman–Crippen LogP) is 3.59. The van der Waals surface area contributed by atoms with Crippen LogP contribution in [0.1, 0.15) is 37.8 Å². The van der Waals surface area contributed by atoms with E-state index in [9.17, 15) is 0 Å². The molecule has 1 aromatic carbocycles. The van der Waals surface area contributed by atoms with Gasteiger partial charge in [0.1, 0.15) is 0 Å². The molecule has 0 aromatic heterocycles. The number of rotatable bonds is 6. The fraction of sp³-hybridized carbons (Fsp3) is 0.647. The lowest BCUT2D eigenvalue weighted by atomic mass is 9.94. The van der Waals surface area contributed by atoms with E-state index in [2.05, 4.69) is 59.1 Å². The van der Waals surface area contributed by atoms with Crippen molar-refractivity contribution < 1.29 is 4.74 Å². The molecule has 21 heavy (non-hydrogen) atoms. The molecule has 1 fully saturated rings. The van der Waals surface area contributed by atoms with E-state index in [1.165, 1.54) is 18.4 Å². The summed E-state index contributed by atoms with van der Waals surface area (Å²) in [6, 6.07) is 9.03. The summed E-state index contributed by atoms with van der Waals surface area (Å²) in [5, 5.41) is 0. The minimum Gasteiger partial charge on any atom is -0.381 e. The Morgan fingerprint density at radius 3 is 2.48 bits per heavy atom. The zero-order valence-corrected chi connectivity index (χ0v) is 14.7. The smallest absolute Gasteiger partial charge is 0.0496 e. The number of nitrogens with two attached hydrogens (primary N) is 1. The molecule has 1 saturated heterocycles. The molecule has 0 bridgehead atoms. The number of hydrogen-bond donors (Lipinski definition) is 1. The fourth-order valence-electron chi connectivity index (χ4n) is 3.16. The molecule has 0 spiro atoms. The standard InChI is InChI=1S/C17H27BrN2O/c1-3-16(19)17(14-4-6-15(18)7-5-14)20(2)12-13-8-10-21-11-9-13/h4-7,13,16-17H,3,8-12,19H2,1-2H3. The lowest BCUT2D eigenvalue weighted by Gasteiger charge is -2.36. The van der Waals surface area contributed by atoms with Gasteiger partial charge in [-0.1, -0.05) is 35.0 Å². The van der Waals surface area contributed by atoms with Crippen molar-refractivity contribution in [2.45, 2.75) is 38.3 Å². The Labute approximate surface area is 137 Å². The van der Waals surface area contributed by atoms with Crippen molar-refractivity contribution in [3.8, 4) is 0 Å². The van der Waals surface area contributed by atoms with Crippen LogP contribution in [0, 0.1) is 5.92 Å². The lowest BCUT2D eigenvalue weighted by molar-refractivity contribution is 0.0481. The van der Waals surface area contributed by atoms with Gasteiger partial charge in [0.2, 0.25) is 0 Å². The minimum absolute atomic E-state index is 0.163. The zero-order valence-electron chi connectivity index (χ0n) is 13.1. The van der Waals surface area contributed by atoms with Gasteiger partial charge >= 0.3 is 0 Å². The number of nitrogens with zero attached hydrogens (tertiary/aromatic N) is 1. The van der Waals surface area contributed by atoms with Crippen LogP contribution < -0.4 is 5.73 Å². The van der Waals surface area contributed by atoms with E-state index < -0.39 is 0 Å². The van der Waals surface area contributed by atoms with Gasteiger partial charge in [-0.2, -0.15) is 0 Å². The van der Waals surface area contributed by atoms with Crippen LogP contribution in [0.25, 0.3) is 0 Å². The van der Waals surface area contributed by atoms with E-state index in [0.29, 0.717) is 0 Å². The first-order valence-corrected chi connectivity index (χ1v) is 8.70. The summed E-state index contributed by atoms with van der Waals surface area (Å²) >= 11 is 3.51. The van der Waals surface area contributed by atoms with Gasteiger partial charge in [0.15, 0.2) is 0 Å². The molecule has 1 aliphatic heterocycles. The maximum absolute atomic E-state index is 6.42. The average Bonchev–Trinajstić information content (AvgIpc) is 2.50. The second kappa shape index (κ2) is 8.28. The van der Waals surface area contributed by atoms with E-state index >= 15 is 0 Å². The molecule has 118 valence electrons. The monoisotopic (exact) mass is 354 g/mol. The molecule has 2 unspecified atom stereocenters. The van der Waals surface area contributed by atoms with Crippen LogP contribution in [0.4, 0.5) is 0 Å². The van der Waals surface area contributed by atoms with E-state index in [0.717, 1.165) is 36.6 Å². The summed E-state index contributed by atoms with van der Waals surface area (Å²) in [7, 11) is 2.21. The molecular formula is C17H27BrN2O. The average molecular weight is 355 g/mol. The molecule has 2 rings (SSSR count). The number of benzene rings is 1. The van der Waals surface area contributed by atoms with Crippen LogP contribution in [0.2, 0.25) is 0 Å². The molecule has 0 amide bonds. The van der Waals surface area contributed by atoms with Crippen molar-refractivity contribution >= 4 is 15.9 Å². The van der Waals surface area contributed by atoms with Crippen molar-refractivity contribution in [1.29, 1.82) is 0 Å². The molecule has 4 heteroatoms. The second-order valence-corrected chi connectivity index (χ2v) is 6.98. The molecular weight excluding hydrogens is 328 g/mol. The largest absolute Gasteiger partial charge is 0.381 e. The third kappa shape index (κ3) is 4.78. The highest BCUT2D eigenvalue weighted by Gasteiger charge is 2.26. The van der Waals surface area contributed by atoms with Gasteiger partial charge in [-0.05, 0) is 49.9 Å². The number of ether oxygens (including phenoxy) is 1. The summed E-state index contributed by atoms with van der Waals surface area (Å²) in [5.41, 5.74) is 7.72. The van der Waals surface area contributed by atoms with Crippen molar-refractivity contribution in [3.63, 3.8) is 0 Å². The van der Waals surface area contributed by atoms with Crippen molar-refractivity contribution in [2.75, 3.05) is 26.8 Å². The molecule has 3 nitrogen and oxygen atoms in total. The summed E-state index contributed by atoms with van der Waals surface area (Å²) < 4.78 is 6.57. The Morgan fingerprint density at radius 2 is 1.90 bits per heavy atom. The normalized spacial score (nSPS) is 19.7. The minimum atomic E-state index is 0.163. The molecule has 0 radical (unpaired) electrons. The highest BCUT2D eigenvalue weighted by molar-refractivity contribution is 9.10. The van der Waals surface area contributed by atoms with Gasteiger partial charge in [0.05, 0.1) is 0 Å². The van der Waals surface area contributed by atoms with Crippen LogP contribution >= 0.6 is 15.9 Å². The maximum atomic E-state index is 6.42. The van der Waals surface area contributed by atoms with Gasteiger partial charge in [-0.25, -0.2) is 0 Å². The Morgan fingerprint density at radius 1 is 1.29 bits per heavy atom. The van der Waals surface area contributed by atoms with E-state index in [-0.39, 0.29) is 12.1 Å². The molecule has 0 aliphatic carbocycles. The first kappa shape index (κ1) is 16.9. The van der Waals surface area contributed by atoms with Crippen LogP contribution in [-0.2, 0) is 4.74 Å². The Balaban J connectivity index is 2.09. The summed E-state index contributed by atoms with van der Waals surface area (Å²) in [5.74, 6) is 0.728. The fourth-order valence-corrected chi connectivity index (χ4v) is 3.43. The Hall–Kier alpha value is -0.420. The maximum Gasteiger partial charge on any atom is 0.0496 e. The first-order valence-electron chi connectivity index (χ1n) is 7.90. The number of hydrogen-bond acceptors (Lipinski definition) is 3. The van der Waals surface area contributed by atoms with Gasteiger partial charge in [0, 0.05) is 36.3 Å². The lowest BCUT2D eigenvalue weighted by Crippen LogP contribution is -2.41. The predicted molar refractivity (Wildman–Crippen MR) is 91.3 cm³/mol. The Kier molecular flexibility index (Phi) is 6.68. The van der Waals surface area contributed by atoms with Crippen LogP contribution in [0.3, 0.4) is 0 Å². The van der Waals surface area contributed by atoms with Gasteiger partial charge < -0.3 is 10.5 Å². The molecule has 2 atom stereocenters. The first-order chi connectivity index (χ1) is 10.1. The van der Waals surface area contributed by atoms with E-state index in [4.69, 9.17) is 10.5 Å². The third-order valence-electron chi connectivity index (χ3n) is 4.45. The second-order valence-electron chi connectivity index (χ2n) is 6.06. The highest BCUT2D eigenvalue weighted by Crippen LogP contribution is 2.27. The molecule has 1 heterocycles. The summed E-state index contributed by atoms with van der Waals surface area (Å²) in [4.78, 5) is 2.44. The van der Waals surface area contributed by atoms with Crippen molar-refractivity contribution in [3.05, 3.63) is 34.3 Å².